The number of nitro benzene ring substituents is 1. The lowest BCUT2D eigenvalue weighted by molar-refractivity contribution is -0.384. The molecule has 7 heteroatoms. The molecule has 1 atom stereocenters. The largest absolute Gasteiger partial charge is 0.481 e. The molecule has 1 saturated heterocycles. The molecule has 1 aliphatic heterocycles. The van der Waals surface area contributed by atoms with Crippen LogP contribution in [0.5, 0.6) is 0 Å². The van der Waals surface area contributed by atoms with Crippen LogP contribution in [0.2, 0.25) is 0 Å². The average molecular weight is 287 g/mol. The Labute approximate surface area is 116 Å². The topological polar surface area (TPSA) is 83.7 Å². The van der Waals surface area contributed by atoms with Gasteiger partial charge in [0.25, 0.3) is 5.69 Å². The molecular formula is C12H15ClN2O4. The first kappa shape index (κ1) is 15.4. The molecule has 1 aromatic carbocycles. The maximum atomic E-state index is 10.8. The first-order valence-corrected chi connectivity index (χ1v) is 5.75. The molecule has 0 aromatic heterocycles. The number of non-ortho nitro benzene ring substituents is 1. The van der Waals surface area contributed by atoms with Crippen molar-refractivity contribution in [3.8, 4) is 0 Å². The number of carboxylic acid groups (broad SMARTS) is 1. The van der Waals surface area contributed by atoms with Crippen molar-refractivity contribution in [2.75, 3.05) is 13.1 Å². The van der Waals surface area contributed by atoms with Crippen LogP contribution in [0.1, 0.15) is 12.0 Å². The fourth-order valence-corrected chi connectivity index (χ4v) is 2.20. The van der Waals surface area contributed by atoms with E-state index in [9.17, 15) is 14.9 Å². The van der Waals surface area contributed by atoms with Crippen molar-refractivity contribution in [2.24, 2.45) is 5.92 Å². The van der Waals surface area contributed by atoms with Gasteiger partial charge in [-0.05, 0) is 18.5 Å². The standard InChI is InChI=1S/C12H14N2O4.ClH/c15-12(16)10-4-5-13(8-10)7-9-2-1-3-11(6-9)14(17)18;/h1-3,6,10H,4-5,7-8H2,(H,15,16);1H. The Morgan fingerprint density at radius 3 is 2.84 bits per heavy atom. The van der Waals surface area contributed by atoms with Crippen molar-refractivity contribution in [1.82, 2.24) is 4.90 Å². The second-order valence-electron chi connectivity index (χ2n) is 4.49. The molecule has 2 rings (SSSR count). The number of nitrogens with zero attached hydrogens (tertiary/aromatic N) is 2. The summed E-state index contributed by atoms with van der Waals surface area (Å²) in [5, 5.41) is 19.5. The lowest BCUT2D eigenvalue weighted by atomic mass is 10.1. The van der Waals surface area contributed by atoms with Gasteiger partial charge in [0.05, 0.1) is 10.8 Å². The minimum Gasteiger partial charge on any atom is -0.481 e. The molecule has 0 amide bonds. The number of hydrogen-bond acceptors (Lipinski definition) is 4. The van der Waals surface area contributed by atoms with Crippen LogP contribution in [-0.2, 0) is 11.3 Å². The van der Waals surface area contributed by atoms with Crippen LogP contribution < -0.4 is 0 Å². The van der Waals surface area contributed by atoms with E-state index in [0.29, 0.717) is 19.5 Å². The molecule has 0 bridgehead atoms. The van der Waals surface area contributed by atoms with E-state index in [1.165, 1.54) is 12.1 Å². The number of hydrogen-bond donors (Lipinski definition) is 1. The van der Waals surface area contributed by atoms with Crippen molar-refractivity contribution >= 4 is 24.1 Å². The van der Waals surface area contributed by atoms with Crippen LogP contribution >= 0.6 is 12.4 Å². The van der Waals surface area contributed by atoms with Gasteiger partial charge in [0, 0.05) is 25.2 Å². The Morgan fingerprint density at radius 1 is 1.53 bits per heavy atom. The fraction of sp³-hybridized carbons (Fsp3) is 0.417. The van der Waals surface area contributed by atoms with E-state index >= 15 is 0 Å². The molecule has 0 spiro atoms. The molecule has 0 saturated carbocycles. The van der Waals surface area contributed by atoms with Gasteiger partial charge in [-0.2, -0.15) is 0 Å². The predicted molar refractivity (Wildman–Crippen MR) is 71.4 cm³/mol. The highest BCUT2D eigenvalue weighted by molar-refractivity contribution is 5.85. The van der Waals surface area contributed by atoms with E-state index in [1.807, 2.05) is 11.0 Å². The lowest BCUT2D eigenvalue weighted by Crippen LogP contribution is -2.22. The molecule has 1 aromatic rings. The van der Waals surface area contributed by atoms with Crippen LogP contribution in [0, 0.1) is 16.0 Å². The van der Waals surface area contributed by atoms with Crippen molar-refractivity contribution in [3.05, 3.63) is 39.9 Å². The molecule has 1 fully saturated rings. The predicted octanol–water partition coefficient (Wildman–Crippen LogP) is 1.92. The van der Waals surface area contributed by atoms with Crippen LogP contribution in [0.3, 0.4) is 0 Å². The van der Waals surface area contributed by atoms with E-state index in [-0.39, 0.29) is 24.0 Å². The molecule has 19 heavy (non-hydrogen) atoms. The van der Waals surface area contributed by atoms with Crippen LogP contribution in [0.25, 0.3) is 0 Å². The summed E-state index contributed by atoms with van der Waals surface area (Å²) in [6, 6.07) is 6.46. The molecule has 6 nitrogen and oxygen atoms in total. The van der Waals surface area contributed by atoms with Gasteiger partial charge in [-0.1, -0.05) is 12.1 Å². The molecule has 1 N–H and O–H groups in total. The summed E-state index contributed by atoms with van der Waals surface area (Å²) in [5.74, 6) is -1.08. The van der Waals surface area contributed by atoms with Gasteiger partial charge in [-0.25, -0.2) is 0 Å². The Kier molecular flexibility index (Phi) is 5.26. The van der Waals surface area contributed by atoms with Crippen molar-refractivity contribution in [2.45, 2.75) is 13.0 Å². The number of carboxylic acids is 1. The molecule has 104 valence electrons. The van der Waals surface area contributed by atoms with Crippen molar-refractivity contribution in [1.29, 1.82) is 0 Å². The highest BCUT2D eigenvalue weighted by Crippen LogP contribution is 2.20. The smallest absolute Gasteiger partial charge is 0.307 e. The number of rotatable bonds is 4. The van der Waals surface area contributed by atoms with Gasteiger partial charge in [-0.15, -0.1) is 12.4 Å². The van der Waals surface area contributed by atoms with Crippen LogP contribution in [0.4, 0.5) is 5.69 Å². The van der Waals surface area contributed by atoms with E-state index in [2.05, 4.69) is 0 Å². The molecule has 1 unspecified atom stereocenters. The maximum Gasteiger partial charge on any atom is 0.307 e. The number of halogens is 1. The summed E-state index contributed by atoms with van der Waals surface area (Å²) < 4.78 is 0. The van der Waals surface area contributed by atoms with Gasteiger partial charge in [0.15, 0.2) is 0 Å². The second kappa shape index (κ2) is 6.49. The summed E-state index contributed by atoms with van der Waals surface area (Å²) >= 11 is 0. The SMILES string of the molecule is Cl.O=C(O)C1CCN(Cc2cccc([N+](=O)[O-])c2)C1. The number of carbonyl (C=O) groups is 1. The highest BCUT2D eigenvalue weighted by Gasteiger charge is 2.27. The average Bonchev–Trinajstić information content (AvgIpc) is 2.78. The van der Waals surface area contributed by atoms with Crippen LogP contribution in [0.15, 0.2) is 24.3 Å². The third kappa shape index (κ3) is 3.90. The normalized spacial score (nSPS) is 18.8. The Balaban J connectivity index is 0.00000180. The van der Waals surface area contributed by atoms with Gasteiger partial charge < -0.3 is 5.11 Å². The number of benzene rings is 1. The number of nitro groups is 1. The summed E-state index contributed by atoms with van der Waals surface area (Å²) in [4.78, 5) is 23.1. The number of likely N-dealkylation sites (tertiary alicyclic amines) is 1. The summed E-state index contributed by atoms with van der Waals surface area (Å²) in [6.07, 6.45) is 0.643. The maximum absolute atomic E-state index is 10.8. The number of aliphatic carboxylic acids is 1. The van der Waals surface area contributed by atoms with Crippen molar-refractivity contribution < 1.29 is 14.8 Å². The minimum absolute atomic E-state index is 0. The quantitative estimate of drug-likeness (QED) is 0.675. The minimum atomic E-state index is -0.767. The highest BCUT2D eigenvalue weighted by atomic mass is 35.5. The first-order chi connectivity index (χ1) is 8.56. The molecule has 1 heterocycles. The molecule has 0 radical (unpaired) electrons. The van der Waals surface area contributed by atoms with E-state index < -0.39 is 10.9 Å². The van der Waals surface area contributed by atoms with Gasteiger partial charge in [0.1, 0.15) is 0 Å². The third-order valence-electron chi connectivity index (χ3n) is 3.15. The third-order valence-corrected chi connectivity index (χ3v) is 3.15. The van der Waals surface area contributed by atoms with E-state index in [0.717, 1.165) is 12.1 Å². The lowest BCUT2D eigenvalue weighted by Gasteiger charge is -2.14. The summed E-state index contributed by atoms with van der Waals surface area (Å²) in [5.41, 5.74) is 0.914. The van der Waals surface area contributed by atoms with Crippen LogP contribution in [-0.4, -0.2) is 34.0 Å². The van der Waals surface area contributed by atoms with Gasteiger partial charge in [-0.3, -0.25) is 19.8 Å². The zero-order valence-electron chi connectivity index (χ0n) is 10.2. The second-order valence-corrected chi connectivity index (χ2v) is 4.49. The Morgan fingerprint density at radius 2 is 2.26 bits per heavy atom. The zero-order chi connectivity index (χ0) is 13.1. The zero-order valence-corrected chi connectivity index (χ0v) is 11.0. The monoisotopic (exact) mass is 286 g/mol. The molecule has 1 aliphatic rings. The summed E-state index contributed by atoms with van der Waals surface area (Å²) in [7, 11) is 0. The first-order valence-electron chi connectivity index (χ1n) is 5.75. The molecule has 0 aliphatic carbocycles. The fourth-order valence-electron chi connectivity index (χ4n) is 2.20. The molecular weight excluding hydrogens is 272 g/mol. The Hall–Kier alpha value is -1.66. The van der Waals surface area contributed by atoms with Crippen molar-refractivity contribution in [3.63, 3.8) is 0 Å². The Bertz CT molecular complexity index is 481. The summed E-state index contributed by atoms with van der Waals surface area (Å²) in [6.45, 7) is 1.79. The van der Waals surface area contributed by atoms with Gasteiger partial charge in [0.2, 0.25) is 0 Å². The van der Waals surface area contributed by atoms with E-state index in [1.54, 1.807) is 6.07 Å². The van der Waals surface area contributed by atoms with Gasteiger partial charge >= 0.3 is 5.97 Å². The van der Waals surface area contributed by atoms with E-state index in [4.69, 9.17) is 5.11 Å².